The highest BCUT2D eigenvalue weighted by Gasteiger charge is 2.33. The first kappa shape index (κ1) is 16.7. The van der Waals surface area contributed by atoms with Gasteiger partial charge in [0.2, 0.25) is 10.0 Å². The lowest BCUT2D eigenvalue weighted by Gasteiger charge is -2.29. The second kappa shape index (κ2) is 6.40. The van der Waals surface area contributed by atoms with Crippen molar-refractivity contribution in [3.63, 3.8) is 0 Å². The van der Waals surface area contributed by atoms with Gasteiger partial charge in [-0.3, -0.25) is 0 Å². The molecular formula is C12H20N2O5S. The quantitative estimate of drug-likeness (QED) is 0.513. The molecule has 0 heterocycles. The van der Waals surface area contributed by atoms with Crippen molar-refractivity contribution in [1.82, 2.24) is 4.72 Å². The first-order valence-corrected chi connectivity index (χ1v) is 7.51. The molecule has 20 heavy (non-hydrogen) atoms. The van der Waals surface area contributed by atoms with Crippen molar-refractivity contribution < 1.29 is 23.4 Å². The molecule has 0 fully saturated rings. The number of anilines is 1. The summed E-state index contributed by atoms with van der Waals surface area (Å²) < 4.78 is 31.8. The number of hydrogen-bond donors (Lipinski definition) is 4. The van der Waals surface area contributed by atoms with Gasteiger partial charge in [-0.15, -0.1) is 0 Å². The van der Waals surface area contributed by atoms with Gasteiger partial charge < -0.3 is 20.7 Å². The number of methoxy groups -OCH3 is 1. The number of nitrogen functional groups attached to an aromatic ring is 1. The van der Waals surface area contributed by atoms with Crippen molar-refractivity contribution in [1.29, 1.82) is 0 Å². The third-order valence-electron chi connectivity index (χ3n) is 3.14. The van der Waals surface area contributed by atoms with Crippen LogP contribution in [0.1, 0.15) is 13.3 Å². The van der Waals surface area contributed by atoms with E-state index in [1.165, 1.54) is 25.3 Å². The fourth-order valence-electron chi connectivity index (χ4n) is 1.65. The Hall–Kier alpha value is -1.35. The summed E-state index contributed by atoms with van der Waals surface area (Å²) in [5, 5.41) is 18.6. The Bertz CT molecular complexity index is 547. The first-order valence-electron chi connectivity index (χ1n) is 6.03. The van der Waals surface area contributed by atoms with Crippen LogP contribution in [0.25, 0.3) is 0 Å². The van der Waals surface area contributed by atoms with Gasteiger partial charge in [0.1, 0.15) is 10.6 Å². The third-order valence-corrected chi connectivity index (χ3v) is 4.79. The SMILES string of the molecule is CCC(CO)(CO)NS(=O)(=O)c1ccc(OC)cc1N. The Labute approximate surface area is 118 Å². The number of aliphatic hydroxyl groups is 2. The molecule has 114 valence electrons. The standard InChI is InChI=1S/C12H20N2O5S/c1-3-12(7-15,8-16)14-20(17,18)11-5-4-9(19-2)6-10(11)13/h4-6,14-16H,3,7-8,13H2,1-2H3. The van der Waals surface area contributed by atoms with Crippen LogP contribution < -0.4 is 15.2 Å². The highest BCUT2D eigenvalue weighted by atomic mass is 32.2. The van der Waals surface area contributed by atoms with E-state index in [1.54, 1.807) is 6.92 Å². The summed E-state index contributed by atoms with van der Waals surface area (Å²) >= 11 is 0. The van der Waals surface area contributed by atoms with E-state index in [2.05, 4.69) is 4.72 Å². The van der Waals surface area contributed by atoms with Crippen LogP contribution in [-0.2, 0) is 10.0 Å². The highest BCUT2D eigenvalue weighted by Crippen LogP contribution is 2.25. The molecule has 0 aromatic heterocycles. The van der Waals surface area contributed by atoms with E-state index >= 15 is 0 Å². The Kier molecular flexibility index (Phi) is 5.35. The van der Waals surface area contributed by atoms with Crippen molar-refractivity contribution in [2.75, 3.05) is 26.1 Å². The Morgan fingerprint density at radius 1 is 1.35 bits per heavy atom. The highest BCUT2D eigenvalue weighted by molar-refractivity contribution is 7.89. The number of sulfonamides is 1. The van der Waals surface area contributed by atoms with E-state index in [9.17, 15) is 18.6 Å². The zero-order valence-electron chi connectivity index (χ0n) is 11.5. The molecule has 0 saturated heterocycles. The summed E-state index contributed by atoms with van der Waals surface area (Å²) in [6.07, 6.45) is 0.231. The number of nitrogens with two attached hydrogens (primary N) is 1. The third kappa shape index (κ3) is 3.40. The molecule has 7 nitrogen and oxygen atoms in total. The van der Waals surface area contributed by atoms with Crippen molar-refractivity contribution in [3.8, 4) is 5.75 Å². The minimum absolute atomic E-state index is 0.0257. The normalized spacial score (nSPS) is 12.4. The van der Waals surface area contributed by atoms with Gasteiger partial charge in [0.15, 0.2) is 0 Å². The molecule has 0 radical (unpaired) electrons. The van der Waals surface area contributed by atoms with Gasteiger partial charge in [0, 0.05) is 6.07 Å². The topological polar surface area (TPSA) is 122 Å². The van der Waals surface area contributed by atoms with Crippen LogP contribution >= 0.6 is 0 Å². The van der Waals surface area contributed by atoms with E-state index in [0.717, 1.165) is 0 Å². The van der Waals surface area contributed by atoms with Crippen LogP contribution in [0.3, 0.4) is 0 Å². The van der Waals surface area contributed by atoms with E-state index in [0.29, 0.717) is 5.75 Å². The molecular weight excluding hydrogens is 284 g/mol. The van der Waals surface area contributed by atoms with E-state index in [1.807, 2.05) is 0 Å². The van der Waals surface area contributed by atoms with Crippen LogP contribution in [0.5, 0.6) is 5.75 Å². The summed E-state index contributed by atoms with van der Waals surface area (Å²) in [4.78, 5) is -0.127. The van der Waals surface area contributed by atoms with Gasteiger partial charge in [0.25, 0.3) is 0 Å². The fraction of sp³-hybridized carbons (Fsp3) is 0.500. The van der Waals surface area contributed by atoms with Crippen LogP contribution in [0.15, 0.2) is 23.1 Å². The summed E-state index contributed by atoms with van der Waals surface area (Å²) in [5.74, 6) is 0.438. The van der Waals surface area contributed by atoms with Gasteiger partial charge in [0.05, 0.1) is 31.5 Å². The van der Waals surface area contributed by atoms with Gasteiger partial charge >= 0.3 is 0 Å². The zero-order valence-corrected chi connectivity index (χ0v) is 12.3. The molecule has 0 aliphatic heterocycles. The fourth-order valence-corrected chi connectivity index (χ4v) is 3.22. The number of hydrogen-bond acceptors (Lipinski definition) is 6. The Morgan fingerprint density at radius 3 is 2.35 bits per heavy atom. The van der Waals surface area contributed by atoms with Crippen LogP contribution in [0, 0.1) is 0 Å². The predicted molar refractivity (Wildman–Crippen MR) is 74.9 cm³/mol. The zero-order chi connectivity index (χ0) is 15.4. The molecule has 1 aromatic carbocycles. The second-order valence-corrected chi connectivity index (χ2v) is 6.11. The van der Waals surface area contributed by atoms with E-state index in [-0.39, 0.29) is 17.0 Å². The molecule has 8 heteroatoms. The molecule has 0 atom stereocenters. The lowest BCUT2D eigenvalue weighted by molar-refractivity contribution is 0.105. The Morgan fingerprint density at radius 2 is 1.95 bits per heavy atom. The minimum atomic E-state index is -3.96. The van der Waals surface area contributed by atoms with Gasteiger partial charge in [-0.2, -0.15) is 0 Å². The smallest absolute Gasteiger partial charge is 0.243 e. The average molecular weight is 304 g/mol. The monoisotopic (exact) mass is 304 g/mol. The molecule has 0 aliphatic rings. The summed E-state index contributed by atoms with van der Waals surface area (Å²) in [6, 6.07) is 4.17. The van der Waals surface area contributed by atoms with Crippen molar-refractivity contribution in [2.24, 2.45) is 0 Å². The van der Waals surface area contributed by atoms with Crippen molar-refractivity contribution in [2.45, 2.75) is 23.8 Å². The minimum Gasteiger partial charge on any atom is -0.497 e. The van der Waals surface area contributed by atoms with Crippen LogP contribution in [0.2, 0.25) is 0 Å². The van der Waals surface area contributed by atoms with Gasteiger partial charge in [-0.25, -0.2) is 13.1 Å². The molecule has 0 bridgehead atoms. The van der Waals surface area contributed by atoms with Gasteiger partial charge in [-0.05, 0) is 18.6 Å². The van der Waals surface area contributed by atoms with Crippen LogP contribution in [-0.4, -0.2) is 44.5 Å². The lowest BCUT2D eigenvalue weighted by atomic mass is 10.0. The molecule has 1 aromatic rings. The number of aliphatic hydroxyl groups excluding tert-OH is 2. The maximum atomic E-state index is 12.3. The molecule has 0 amide bonds. The van der Waals surface area contributed by atoms with Crippen molar-refractivity contribution >= 4 is 15.7 Å². The summed E-state index contributed by atoms with van der Waals surface area (Å²) in [5.41, 5.74) is 4.41. The number of benzene rings is 1. The lowest BCUT2D eigenvalue weighted by Crippen LogP contribution is -2.53. The van der Waals surface area contributed by atoms with E-state index in [4.69, 9.17) is 10.5 Å². The molecule has 0 spiro atoms. The first-order chi connectivity index (χ1) is 9.34. The number of nitrogens with one attached hydrogen (secondary N) is 1. The maximum absolute atomic E-state index is 12.3. The maximum Gasteiger partial charge on any atom is 0.243 e. The van der Waals surface area contributed by atoms with Crippen LogP contribution in [0.4, 0.5) is 5.69 Å². The molecule has 0 saturated carbocycles. The molecule has 5 N–H and O–H groups in total. The van der Waals surface area contributed by atoms with E-state index < -0.39 is 28.8 Å². The Balaban J connectivity index is 3.17. The second-order valence-electron chi connectivity index (χ2n) is 4.46. The molecule has 0 aliphatic carbocycles. The summed E-state index contributed by atoms with van der Waals surface area (Å²) in [7, 11) is -2.52. The average Bonchev–Trinajstić information content (AvgIpc) is 2.44. The van der Waals surface area contributed by atoms with Crippen molar-refractivity contribution in [3.05, 3.63) is 18.2 Å². The number of rotatable bonds is 7. The molecule has 0 unspecified atom stereocenters. The predicted octanol–water partition coefficient (Wildman–Crippen LogP) is -0.311. The molecule has 1 rings (SSSR count). The summed E-state index contributed by atoms with van der Waals surface area (Å²) in [6.45, 7) is 0.622. The largest absolute Gasteiger partial charge is 0.497 e. The van der Waals surface area contributed by atoms with Gasteiger partial charge in [-0.1, -0.05) is 6.92 Å². The number of ether oxygens (including phenoxy) is 1.